The molecule has 0 atom stereocenters. The minimum Gasteiger partial charge on any atom is -0.334 e. The van der Waals surface area contributed by atoms with Gasteiger partial charge in [-0.25, -0.2) is 0 Å². The van der Waals surface area contributed by atoms with Crippen molar-refractivity contribution in [3.8, 4) is 0 Å². The van der Waals surface area contributed by atoms with Crippen LogP contribution in [0.3, 0.4) is 0 Å². The van der Waals surface area contributed by atoms with Gasteiger partial charge in [0.1, 0.15) is 0 Å². The van der Waals surface area contributed by atoms with E-state index < -0.39 is 11.8 Å². The molecule has 0 fully saturated rings. The molecule has 1 N–H and O–H groups in total. The second-order valence-electron chi connectivity index (χ2n) is 5.87. The molecule has 1 rings (SSSR count). The average molecular weight is 304 g/mol. The quantitative estimate of drug-likeness (QED) is 0.817. The van der Waals surface area contributed by atoms with Crippen LogP contribution in [0.25, 0.3) is 0 Å². The first-order chi connectivity index (χ1) is 10.4. The zero-order valence-corrected chi connectivity index (χ0v) is 14.5. The number of hydrogen-bond acceptors (Lipinski definition) is 2. The van der Waals surface area contributed by atoms with Crippen molar-refractivity contribution in [1.29, 1.82) is 0 Å². The third kappa shape index (κ3) is 4.86. The van der Waals surface area contributed by atoms with Crippen molar-refractivity contribution in [3.05, 3.63) is 28.8 Å². The molecule has 0 radical (unpaired) electrons. The number of unbranched alkanes of at least 4 members (excludes halogenated alkanes) is 1. The lowest BCUT2D eigenvalue weighted by Crippen LogP contribution is -2.40. The lowest BCUT2D eigenvalue weighted by atomic mass is 10.1. The number of aryl methyl sites for hydroxylation is 3. The van der Waals surface area contributed by atoms with Crippen LogP contribution in [-0.4, -0.2) is 29.8 Å². The molecule has 0 spiro atoms. The summed E-state index contributed by atoms with van der Waals surface area (Å²) in [5, 5.41) is 2.79. The van der Waals surface area contributed by atoms with Crippen LogP contribution in [0.4, 0.5) is 5.69 Å². The van der Waals surface area contributed by atoms with E-state index in [4.69, 9.17) is 0 Å². The Morgan fingerprint density at radius 2 is 1.59 bits per heavy atom. The van der Waals surface area contributed by atoms with Crippen LogP contribution < -0.4 is 5.32 Å². The zero-order valence-electron chi connectivity index (χ0n) is 14.5. The van der Waals surface area contributed by atoms with E-state index in [0.717, 1.165) is 41.6 Å². The molecular formula is C18H28N2O2. The highest BCUT2D eigenvalue weighted by Gasteiger charge is 2.22. The lowest BCUT2D eigenvalue weighted by molar-refractivity contribution is -0.143. The summed E-state index contributed by atoms with van der Waals surface area (Å²) >= 11 is 0. The van der Waals surface area contributed by atoms with Gasteiger partial charge in [0.2, 0.25) is 0 Å². The molecule has 0 saturated carbocycles. The van der Waals surface area contributed by atoms with Gasteiger partial charge in [0.15, 0.2) is 0 Å². The predicted molar refractivity (Wildman–Crippen MR) is 91.1 cm³/mol. The van der Waals surface area contributed by atoms with Gasteiger partial charge in [-0.15, -0.1) is 0 Å². The molecule has 0 aliphatic rings. The SMILES string of the molecule is CCCCN(CCC)C(=O)C(=O)Nc1c(C)cc(C)cc1C. The number of hydrogen-bond donors (Lipinski definition) is 1. The van der Waals surface area contributed by atoms with E-state index in [9.17, 15) is 9.59 Å². The van der Waals surface area contributed by atoms with E-state index in [1.54, 1.807) is 4.90 Å². The van der Waals surface area contributed by atoms with Crippen LogP contribution in [0.2, 0.25) is 0 Å². The maximum Gasteiger partial charge on any atom is 0.313 e. The van der Waals surface area contributed by atoms with Gasteiger partial charge in [0.05, 0.1) is 0 Å². The summed E-state index contributed by atoms with van der Waals surface area (Å²) in [4.78, 5) is 26.3. The summed E-state index contributed by atoms with van der Waals surface area (Å²) < 4.78 is 0. The smallest absolute Gasteiger partial charge is 0.313 e. The largest absolute Gasteiger partial charge is 0.334 e. The third-order valence-corrected chi connectivity index (χ3v) is 3.67. The summed E-state index contributed by atoms with van der Waals surface area (Å²) in [6.07, 6.45) is 2.78. The van der Waals surface area contributed by atoms with Gasteiger partial charge in [-0.3, -0.25) is 9.59 Å². The van der Waals surface area contributed by atoms with Crippen molar-refractivity contribution in [2.24, 2.45) is 0 Å². The number of nitrogens with one attached hydrogen (secondary N) is 1. The van der Waals surface area contributed by atoms with Gasteiger partial charge in [0.25, 0.3) is 0 Å². The Bertz CT molecular complexity index is 515. The van der Waals surface area contributed by atoms with E-state index >= 15 is 0 Å². The molecule has 122 valence electrons. The Labute approximate surface area is 133 Å². The van der Waals surface area contributed by atoms with Gasteiger partial charge in [-0.2, -0.15) is 0 Å². The van der Waals surface area contributed by atoms with Crippen LogP contribution in [-0.2, 0) is 9.59 Å². The Morgan fingerprint density at radius 1 is 1.00 bits per heavy atom. The van der Waals surface area contributed by atoms with E-state index in [2.05, 4.69) is 12.2 Å². The molecule has 0 aliphatic heterocycles. The highest BCUT2D eigenvalue weighted by Crippen LogP contribution is 2.22. The number of rotatable bonds is 6. The van der Waals surface area contributed by atoms with Crippen molar-refractivity contribution < 1.29 is 9.59 Å². The number of carbonyl (C=O) groups is 2. The normalized spacial score (nSPS) is 10.4. The van der Waals surface area contributed by atoms with Gasteiger partial charge < -0.3 is 10.2 Å². The minimum absolute atomic E-state index is 0.435. The highest BCUT2D eigenvalue weighted by molar-refractivity contribution is 6.39. The topological polar surface area (TPSA) is 49.4 Å². The van der Waals surface area contributed by atoms with Gasteiger partial charge in [0, 0.05) is 18.8 Å². The third-order valence-electron chi connectivity index (χ3n) is 3.67. The van der Waals surface area contributed by atoms with Crippen LogP contribution in [0.5, 0.6) is 0 Å². The van der Waals surface area contributed by atoms with Crippen molar-refractivity contribution in [3.63, 3.8) is 0 Å². The summed E-state index contributed by atoms with van der Waals surface area (Å²) in [5.41, 5.74) is 3.86. The molecule has 0 saturated heterocycles. The predicted octanol–water partition coefficient (Wildman–Crippen LogP) is 3.59. The Balaban J connectivity index is 2.84. The summed E-state index contributed by atoms with van der Waals surface area (Å²) in [6, 6.07) is 4.02. The maximum absolute atomic E-state index is 12.3. The monoisotopic (exact) mass is 304 g/mol. The lowest BCUT2D eigenvalue weighted by Gasteiger charge is -2.22. The number of amides is 2. The molecule has 0 heterocycles. The van der Waals surface area contributed by atoms with Crippen molar-refractivity contribution in [1.82, 2.24) is 4.90 Å². The number of carbonyl (C=O) groups excluding carboxylic acids is 2. The molecule has 1 aromatic rings. The first-order valence-corrected chi connectivity index (χ1v) is 8.08. The number of anilines is 1. The van der Waals surface area contributed by atoms with Crippen LogP contribution in [0.1, 0.15) is 49.8 Å². The average Bonchev–Trinajstić information content (AvgIpc) is 2.46. The first kappa shape index (κ1) is 18.2. The van der Waals surface area contributed by atoms with Crippen LogP contribution in [0.15, 0.2) is 12.1 Å². The molecule has 4 heteroatoms. The van der Waals surface area contributed by atoms with Crippen molar-refractivity contribution in [2.75, 3.05) is 18.4 Å². The van der Waals surface area contributed by atoms with E-state index in [1.807, 2.05) is 39.8 Å². The van der Waals surface area contributed by atoms with Gasteiger partial charge >= 0.3 is 11.8 Å². The fourth-order valence-electron chi connectivity index (χ4n) is 2.62. The molecule has 22 heavy (non-hydrogen) atoms. The summed E-state index contributed by atoms with van der Waals surface area (Å²) in [5.74, 6) is -0.978. The number of benzene rings is 1. The summed E-state index contributed by atoms with van der Waals surface area (Å²) in [7, 11) is 0. The molecular weight excluding hydrogens is 276 g/mol. The summed E-state index contributed by atoms with van der Waals surface area (Å²) in [6.45, 7) is 11.3. The van der Waals surface area contributed by atoms with E-state index in [1.165, 1.54) is 0 Å². The maximum atomic E-state index is 12.3. The molecule has 0 unspecified atom stereocenters. The Hall–Kier alpha value is -1.84. The standard InChI is InChI=1S/C18H28N2O2/c1-6-8-10-20(9-7-2)18(22)17(21)19-16-14(4)11-13(3)12-15(16)5/h11-12H,6-10H2,1-5H3,(H,19,21). The minimum atomic E-state index is -0.542. The fraction of sp³-hybridized carbons (Fsp3) is 0.556. The van der Waals surface area contributed by atoms with Gasteiger partial charge in [-0.1, -0.05) is 38.0 Å². The molecule has 0 bridgehead atoms. The Morgan fingerprint density at radius 3 is 2.09 bits per heavy atom. The Kier molecular flexibility index (Phi) is 7.09. The van der Waals surface area contributed by atoms with Crippen molar-refractivity contribution >= 4 is 17.5 Å². The molecule has 0 aliphatic carbocycles. The van der Waals surface area contributed by atoms with Gasteiger partial charge in [-0.05, 0) is 44.7 Å². The second kappa shape index (κ2) is 8.57. The zero-order chi connectivity index (χ0) is 16.7. The fourth-order valence-corrected chi connectivity index (χ4v) is 2.62. The van der Waals surface area contributed by atoms with E-state index in [0.29, 0.717) is 13.1 Å². The van der Waals surface area contributed by atoms with Crippen molar-refractivity contribution in [2.45, 2.75) is 53.9 Å². The highest BCUT2D eigenvalue weighted by atomic mass is 16.2. The van der Waals surface area contributed by atoms with Crippen LogP contribution in [0, 0.1) is 20.8 Å². The second-order valence-corrected chi connectivity index (χ2v) is 5.87. The molecule has 2 amide bonds. The van der Waals surface area contributed by atoms with E-state index in [-0.39, 0.29) is 0 Å². The molecule has 0 aromatic heterocycles. The number of nitrogens with zero attached hydrogens (tertiary/aromatic N) is 1. The molecule has 1 aromatic carbocycles. The van der Waals surface area contributed by atoms with Crippen LogP contribution >= 0.6 is 0 Å². The molecule has 4 nitrogen and oxygen atoms in total. The first-order valence-electron chi connectivity index (χ1n) is 8.08.